The van der Waals surface area contributed by atoms with Crippen LogP contribution in [0.15, 0.2) is 46.4 Å². The van der Waals surface area contributed by atoms with Gasteiger partial charge in [-0.25, -0.2) is 4.79 Å². The lowest BCUT2D eigenvalue weighted by Crippen LogP contribution is -2.02. The number of methoxy groups -OCH3 is 1. The van der Waals surface area contributed by atoms with E-state index in [0.717, 1.165) is 9.13 Å². The molecule has 19 heavy (non-hydrogen) atoms. The Kier molecular flexibility index (Phi) is 4.56. The molecule has 2 rings (SSSR count). The van der Waals surface area contributed by atoms with Crippen molar-refractivity contribution in [2.45, 2.75) is 0 Å². The number of ether oxygens (including phenoxy) is 1. The molecule has 0 spiro atoms. The Balaban J connectivity index is 2.02. The van der Waals surface area contributed by atoms with Crippen molar-refractivity contribution in [3.8, 4) is 5.75 Å². The zero-order valence-corrected chi connectivity index (χ0v) is 12.2. The molecule has 0 radical (unpaired) electrons. The molecule has 0 fully saturated rings. The highest BCUT2D eigenvalue weighted by Crippen LogP contribution is 2.21. The quantitative estimate of drug-likeness (QED) is 0.359. The van der Waals surface area contributed by atoms with E-state index < -0.39 is 5.97 Å². The second kappa shape index (κ2) is 6.37. The Morgan fingerprint density at radius 1 is 1.42 bits per heavy atom. The smallest absolute Gasteiger partial charge is 0.365 e. The number of furan rings is 1. The normalized spacial score (nSPS) is 10.6. The third kappa shape index (κ3) is 3.57. The van der Waals surface area contributed by atoms with Gasteiger partial charge in [-0.3, -0.25) is 0 Å². The van der Waals surface area contributed by atoms with Crippen molar-refractivity contribution >= 4 is 34.8 Å². The van der Waals surface area contributed by atoms with Gasteiger partial charge in [0.05, 0.1) is 35.0 Å². The van der Waals surface area contributed by atoms with E-state index in [4.69, 9.17) is 14.0 Å². The number of halogens is 1. The van der Waals surface area contributed by atoms with Crippen LogP contribution in [0.3, 0.4) is 0 Å². The molecule has 1 aromatic carbocycles. The molecule has 0 bridgehead atoms. The monoisotopic (exact) mass is 371 g/mol. The first kappa shape index (κ1) is 13.6. The Labute approximate surface area is 123 Å². The summed E-state index contributed by atoms with van der Waals surface area (Å²) in [5, 5.41) is 3.59. The van der Waals surface area contributed by atoms with Crippen LogP contribution in [0, 0.1) is 3.57 Å². The summed E-state index contributed by atoms with van der Waals surface area (Å²) < 4.78 is 10.8. The van der Waals surface area contributed by atoms with Crippen molar-refractivity contribution in [3.05, 3.63) is 51.5 Å². The number of benzene rings is 1. The maximum absolute atomic E-state index is 11.7. The van der Waals surface area contributed by atoms with Crippen LogP contribution in [0.2, 0.25) is 0 Å². The minimum absolute atomic E-state index is 0.412. The molecule has 0 saturated carbocycles. The average molecular weight is 371 g/mol. The standard InChI is InChI=1S/C13H10INO4/c1-17-12-3-2-10(6-11(12)14)13(16)19-15-7-9-4-5-18-8-9/h2-8H,1H3/b15-7+. The summed E-state index contributed by atoms with van der Waals surface area (Å²) >= 11 is 2.08. The van der Waals surface area contributed by atoms with Gasteiger partial charge in [-0.1, -0.05) is 5.16 Å². The van der Waals surface area contributed by atoms with Gasteiger partial charge in [-0.15, -0.1) is 0 Å². The second-order valence-corrected chi connectivity index (χ2v) is 4.68. The zero-order valence-electron chi connectivity index (χ0n) is 10.00. The second-order valence-electron chi connectivity index (χ2n) is 3.52. The number of nitrogens with zero attached hydrogens (tertiary/aromatic N) is 1. The predicted octanol–water partition coefficient (Wildman–Crippen LogP) is 3.08. The summed E-state index contributed by atoms with van der Waals surface area (Å²) in [5.74, 6) is 0.180. The van der Waals surface area contributed by atoms with Gasteiger partial charge in [0.2, 0.25) is 0 Å². The van der Waals surface area contributed by atoms with E-state index in [-0.39, 0.29) is 0 Å². The number of carbonyl (C=O) groups is 1. The molecular weight excluding hydrogens is 361 g/mol. The Morgan fingerprint density at radius 2 is 2.26 bits per heavy atom. The Bertz CT molecular complexity index is 593. The van der Waals surface area contributed by atoms with Gasteiger partial charge in [-0.2, -0.15) is 0 Å². The summed E-state index contributed by atoms with van der Waals surface area (Å²) in [5.41, 5.74) is 1.13. The largest absolute Gasteiger partial charge is 0.496 e. The van der Waals surface area contributed by atoms with Crippen molar-refractivity contribution in [2.24, 2.45) is 5.16 Å². The number of oxime groups is 1. The van der Waals surface area contributed by atoms with Gasteiger partial charge < -0.3 is 14.0 Å². The Morgan fingerprint density at radius 3 is 2.89 bits per heavy atom. The average Bonchev–Trinajstić information content (AvgIpc) is 2.91. The van der Waals surface area contributed by atoms with E-state index >= 15 is 0 Å². The molecule has 1 aromatic heterocycles. The number of carbonyl (C=O) groups excluding carboxylic acids is 1. The third-order valence-electron chi connectivity index (χ3n) is 2.27. The molecule has 0 unspecified atom stereocenters. The van der Waals surface area contributed by atoms with E-state index in [1.54, 1.807) is 31.4 Å². The van der Waals surface area contributed by atoms with E-state index in [1.807, 2.05) is 0 Å². The summed E-state index contributed by atoms with van der Waals surface area (Å²) in [6, 6.07) is 6.71. The van der Waals surface area contributed by atoms with E-state index in [0.29, 0.717) is 11.3 Å². The third-order valence-corrected chi connectivity index (χ3v) is 3.11. The molecule has 0 amide bonds. The zero-order chi connectivity index (χ0) is 13.7. The lowest BCUT2D eigenvalue weighted by Gasteiger charge is -2.04. The van der Waals surface area contributed by atoms with Gasteiger partial charge in [0, 0.05) is 5.56 Å². The van der Waals surface area contributed by atoms with Crippen LogP contribution in [0.25, 0.3) is 0 Å². The van der Waals surface area contributed by atoms with Crippen molar-refractivity contribution in [3.63, 3.8) is 0 Å². The van der Waals surface area contributed by atoms with Crippen molar-refractivity contribution in [1.82, 2.24) is 0 Å². The first-order chi connectivity index (χ1) is 9.20. The van der Waals surface area contributed by atoms with Crippen LogP contribution < -0.4 is 4.74 Å². The predicted molar refractivity (Wildman–Crippen MR) is 77.4 cm³/mol. The lowest BCUT2D eigenvalue weighted by molar-refractivity contribution is 0.0519. The van der Waals surface area contributed by atoms with Gasteiger partial charge in [-0.05, 0) is 46.9 Å². The van der Waals surface area contributed by atoms with Gasteiger partial charge >= 0.3 is 5.97 Å². The van der Waals surface area contributed by atoms with E-state index in [9.17, 15) is 4.79 Å². The minimum atomic E-state index is -0.527. The van der Waals surface area contributed by atoms with Crippen LogP contribution in [-0.2, 0) is 4.84 Å². The highest BCUT2D eigenvalue weighted by atomic mass is 127. The maximum Gasteiger partial charge on any atom is 0.365 e. The molecule has 2 aromatic rings. The number of hydrogen-bond donors (Lipinski definition) is 0. The summed E-state index contributed by atoms with van der Waals surface area (Å²) in [6.07, 6.45) is 4.40. The first-order valence-electron chi connectivity index (χ1n) is 5.31. The van der Waals surface area contributed by atoms with Gasteiger partial charge in [0.25, 0.3) is 0 Å². The highest BCUT2D eigenvalue weighted by molar-refractivity contribution is 14.1. The van der Waals surface area contributed by atoms with Crippen LogP contribution in [0.1, 0.15) is 15.9 Å². The fraction of sp³-hybridized carbons (Fsp3) is 0.0769. The van der Waals surface area contributed by atoms with E-state index in [2.05, 4.69) is 27.7 Å². The van der Waals surface area contributed by atoms with Gasteiger partial charge in [0.1, 0.15) is 5.75 Å². The molecule has 0 aliphatic heterocycles. The fourth-order valence-corrected chi connectivity index (χ4v) is 2.07. The number of rotatable bonds is 4. The van der Waals surface area contributed by atoms with Crippen molar-refractivity contribution in [1.29, 1.82) is 0 Å². The summed E-state index contributed by atoms with van der Waals surface area (Å²) in [6.45, 7) is 0. The molecule has 0 aliphatic carbocycles. The Hall–Kier alpha value is -1.83. The maximum atomic E-state index is 11.7. The molecule has 0 aliphatic rings. The molecular formula is C13H10INO4. The van der Waals surface area contributed by atoms with Crippen LogP contribution in [-0.4, -0.2) is 19.3 Å². The fourth-order valence-electron chi connectivity index (χ4n) is 1.33. The lowest BCUT2D eigenvalue weighted by atomic mass is 10.2. The summed E-state index contributed by atoms with van der Waals surface area (Å²) in [7, 11) is 1.57. The van der Waals surface area contributed by atoms with E-state index in [1.165, 1.54) is 18.7 Å². The molecule has 6 heteroatoms. The number of hydrogen-bond acceptors (Lipinski definition) is 5. The van der Waals surface area contributed by atoms with Gasteiger partial charge in [0.15, 0.2) is 0 Å². The molecule has 0 N–H and O–H groups in total. The first-order valence-corrected chi connectivity index (χ1v) is 6.39. The highest BCUT2D eigenvalue weighted by Gasteiger charge is 2.09. The molecule has 0 saturated heterocycles. The van der Waals surface area contributed by atoms with Crippen molar-refractivity contribution < 1.29 is 18.8 Å². The van der Waals surface area contributed by atoms with Crippen LogP contribution in [0.5, 0.6) is 5.75 Å². The molecule has 5 nitrogen and oxygen atoms in total. The van der Waals surface area contributed by atoms with Crippen molar-refractivity contribution in [2.75, 3.05) is 7.11 Å². The SMILES string of the molecule is COc1ccc(C(=O)O/N=C/c2ccoc2)cc1I. The van der Waals surface area contributed by atoms with Crippen LogP contribution in [0.4, 0.5) is 0 Å². The molecule has 1 heterocycles. The summed E-state index contributed by atoms with van der Waals surface area (Å²) in [4.78, 5) is 16.5. The molecule has 98 valence electrons. The minimum Gasteiger partial charge on any atom is -0.496 e. The van der Waals surface area contributed by atoms with Crippen LogP contribution >= 0.6 is 22.6 Å². The topological polar surface area (TPSA) is 61.0 Å². The molecule has 0 atom stereocenters.